The molecule has 0 aromatic heterocycles. The summed E-state index contributed by atoms with van der Waals surface area (Å²) in [6, 6.07) is 7.73. The fraction of sp³-hybridized carbons (Fsp3) is 0.600. The predicted octanol–water partition coefficient (Wildman–Crippen LogP) is 3.25. The minimum Gasteiger partial charge on any atom is -0.382 e. The zero-order valence-electron chi connectivity index (χ0n) is 12.5. The Balaban J connectivity index is 1.76. The van der Waals surface area contributed by atoms with Crippen molar-refractivity contribution < 1.29 is 17.4 Å². The van der Waals surface area contributed by atoms with Crippen LogP contribution in [0.15, 0.2) is 29.2 Å². The van der Waals surface area contributed by atoms with Gasteiger partial charge in [-0.2, -0.15) is 13.2 Å². The maximum Gasteiger partial charge on any atom is 0.390 e. The van der Waals surface area contributed by atoms with Gasteiger partial charge in [-0.05, 0) is 37.1 Å². The largest absolute Gasteiger partial charge is 0.390 e. The summed E-state index contributed by atoms with van der Waals surface area (Å²) in [5.41, 5.74) is 0.961. The van der Waals surface area contributed by atoms with Gasteiger partial charge in [0.05, 0.1) is 6.42 Å². The third-order valence-corrected chi connectivity index (χ3v) is 4.79. The molecule has 1 aliphatic heterocycles. The Morgan fingerprint density at radius 3 is 2.32 bits per heavy atom. The number of alkyl halides is 3. The monoisotopic (exact) mass is 334 g/mol. The van der Waals surface area contributed by atoms with Gasteiger partial charge < -0.3 is 10.2 Å². The van der Waals surface area contributed by atoms with Crippen LogP contribution in [0.3, 0.4) is 0 Å². The van der Waals surface area contributed by atoms with Crippen LogP contribution >= 0.6 is 0 Å². The molecular weight excluding hydrogens is 313 g/mol. The fourth-order valence-electron chi connectivity index (χ4n) is 2.56. The molecule has 0 amide bonds. The zero-order valence-corrected chi connectivity index (χ0v) is 13.3. The molecule has 1 aliphatic rings. The standard InChI is InChI=1S/C15H21F3N2OS/c1-22(21)14-4-2-12(3-5-14)19-13-6-9-20(10-7-13)11-8-15(16,17)18/h2-5,13,19H,6-11H2,1H3. The normalized spacial score (nSPS) is 19.1. The summed E-state index contributed by atoms with van der Waals surface area (Å²) in [5, 5.41) is 3.39. The third-order valence-electron chi connectivity index (χ3n) is 3.86. The van der Waals surface area contributed by atoms with Crippen LogP contribution in [0.5, 0.6) is 0 Å². The molecule has 1 atom stereocenters. The quantitative estimate of drug-likeness (QED) is 0.897. The van der Waals surface area contributed by atoms with Crippen LogP contribution in [0.4, 0.5) is 18.9 Å². The lowest BCUT2D eigenvalue weighted by Crippen LogP contribution is -2.40. The van der Waals surface area contributed by atoms with Crippen molar-refractivity contribution in [2.24, 2.45) is 0 Å². The van der Waals surface area contributed by atoms with Crippen molar-refractivity contribution in [3.63, 3.8) is 0 Å². The minimum atomic E-state index is -4.07. The number of rotatable bonds is 5. The Hall–Kier alpha value is -1.08. The van der Waals surface area contributed by atoms with Crippen molar-refractivity contribution in [2.45, 2.75) is 36.4 Å². The molecule has 124 valence electrons. The molecule has 1 heterocycles. The summed E-state index contributed by atoms with van der Waals surface area (Å²) in [6.07, 6.45) is -1.51. The van der Waals surface area contributed by atoms with Crippen molar-refractivity contribution in [2.75, 3.05) is 31.2 Å². The smallest absolute Gasteiger partial charge is 0.382 e. The number of nitrogens with zero attached hydrogens (tertiary/aromatic N) is 1. The maximum absolute atomic E-state index is 12.2. The lowest BCUT2D eigenvalue weighted by atomic mass is 10.0. The molecule has 1 aromatic carbocycles. The fourth-order valence-corrected chi connectivity index (χ4v) is 3.08. The highest BCUT2D eigenvalue weighted by Crippen LogP contribution is 2.22. The average Bonchev–Trinajstić information content (AvgIpc) is 2.46. The third kappa shape index (κ3) is 5.61. The number of hydrogen-bond donors (Lipinski definition) is 1. The number of hydrogen-bond acceptors (Lipinski definition) is 3. The first-order valence-corrected chi connectivity index (χ1v) is 8.88. The summed E-state index contributed by atoms with van der Waals surface area (Å²) in [4.78, 5) is 2.65. The van der Waals surface area contributed by atoms with Gasteiger partial charge >= 0.3 is 6.18 Å². The number of piperidine rings is 1. The molecular formula is C15H21F3N2OS. The molecule has 3 nitrogen and oxygen atoms in total. The van der Waals surface area contributed by atoms with Crippen LogP contribution in [0, 0.1) is 0 Å². The summed E-state index contributed by atoms with van der Waals surface area (Å²) in [6.45, 7) is 1.46. The molecule has 1 saturated heterocycles. The molecule has 1 N–H and O–H groups in total. The second-order valence-corrected chi connectivity index (χ2v) is 6.98. The van der Waals surface area contributed by atoms with Gasteiger partial charge in [-0.3, -0.25) is 4.21 Å². The molecule has 1 aromatic rings. The van der Waals surface area contributed by atoms with E-state index in [1.54, 1.807) is 6.26 Å². The molecule has 0 spiro atoms. The second-order valence-electron chi connectivity index (χ2n) is 5.60. The molecule has 1 unspecified atom stereocenters. The van der Waals surface area contributed by atoms with E-state index >= 15 is 0 Å². The molecule has 7 heteroatoms. The lowest BCUT2D eigenvalue weighted by molar-refractivity contribution is -0.138. The lowest BCUT2D eigenvalue weighted by Gasteiger charge is -2.33. The Labute approximate surface area is 131 Å². The Morgan fingerprint density at radius 1 is 1.23 bits per heavy atom. The van der Waals surface area contributed by atoms with E-state index in [1.807, 2.05) is 29.2 Å². The van der Waals surface area contributed by atoms with Crippen molar-refractivity contribution >= 4 is 16.5 Å². The summed E-state index contributed by atoms with van der Waals surface area (Å²) in [7, 11) is -0.985. The number of nitrogens with one attached hydrogen (secondary N) is 1. The number of benzene rings is 1. The summed E-state index contributed by atoms with van der Waals surface area (Å²) >= 11 is 0. The SMILES string of the molecule is CS(=O)c1ccc(NC2CCN(CCC(F)(F)F)CC2)cc1. The van der Waals surface area contributed by atoms with Gasteiger partial charge in [-0.1, -0.05) is 0 Å². The topological polar surface area (TPSA) is 32.3 Å². The molecule has 2 rings (SSSR count). The minimum absolute atomic E-state index is 0.0905. The van der Waals surface area contributed by atoms with Crippen LogP contribution in [-0.2, 0) is 10.8 Å². The second kappa shape index (κ2) is 7.46. The van der Waals surface area contributed by atoms with E-state index in [-0.39, 0.29) is 12.6 Å². The van der Waals surface area contributed by atoms with Crippen LogP contribution in [-0.4, -0.2) is 47.2 Å². The highest BCUT2D eigenvalue weighted by molar-refractivity contribution is 7.84. The Bertz CT molecular complexity index is 497. The van der Waals surface area contributed by atoms with Crippen molar-refractivity contribution in [1.82, 2.24) is 4.90 Å². The highest BCUT2D eigenvalue weighted by atomic mass is 32.2. The Kier molecular flexibility index (Phi) is 5.86. The Morgan fingerprint density at radius 2 is 1.82 bits per heavy atom. The van der Waals surface area contributed by atoms with Gasteiger partial charge in [0.25, 0.3) is 0 Å². The number of likely N-dealkylation sites (tertiary alicyclic amines) is 1. The highest BCUT2D eigenvalue weighted by Gasteiger charge is 2.29. The van der Waals surface area contributed by atoms with Crippen molar-refractivity contribution in [3.05, 3.63) is 24.3 Å². The van der Waals surface area contributed by atoms with Crippen LogP contribution in [0.1, 0.15) is 19.3 Å². The number of halogens is 3. The molecule has 0 bridgehead atoms. The molecule has 22 heavy (non-hydrogen) atoms. The van der Waals surface area contributed by atoms with Crippen LogP contribution < -0.4 is 5.32 Å². The van der Waals surface area contributed by atoms with Gasteiger partial charge in [-0.25, -0.2) is 0 Å². The molecule has 1 fully saturated rings. The summed E-state index contributed by atoms with van der Waals surface area (Å²) in [5.74, 6) is 0. The van der Waals surface area contributed by atoms with E-state index in [0.29, 0.717) is 13.1 Å². The molecule has 0 saturated carbocycles. The van der Waals surface area contributed by atoms with E-state index in [0.717, 1.165) is 23.4 Å². The van der Waals surface area contributed by atoms with Gasteiger partial charge in [0.1, 0.15) is 0 Å². The molecule has 0 radical (unpaired) electrons. The van der Waals surface area contributed by atoms with Gasteiger partial charge in [0, 0.05) is 53.3 Å². The van der Waals surface area contributed by atoms with Gasteiger partial charge in [0.2, 0.25) is 0 Å². The van der Waals surface area contributed by atoms with Crippen molar-refractivity contribution in [3.8, 4) is 0 Å². The van der Waals surface area contributed by atoms with E-state index in [1.165, 1.54) is 0 Å². The zero-order chi connectivity index (χ0) is 16.2. The van der Waals surface area contributed by atoms with Crippen LogP contribution in [0.2, 0.25) is 0 Å². The van der Waals surface area contributed by atoms with Gasteiger partial charge in [-0.15, -0.1) is 0 Å². The first kappa shape index (κ1) is 17.3. The first-order valence-electron chi connectivity index (χ1n) is 7.32. The van der Waals surface area contributed by atoms with Gasteiger partial charge in [0.15, 0.2) is 0 Å². The maximum atomic E-state index is 12.2. The first-order chi connectivity index (χ1) is 10.3. The average molecular weight is 334 g/mol. The molecule has 0 aliphatic carbocycles. The van der Waals surface area contributed by atoms with E-state index in [4.69, 9.17) is 0 Å². The summed E-state index contributed by atoms with van der Waals surface area (Å²) < 4.78 is 47.9. The van der Waals surface area contributed by atoms with Crippen molar-refractivity contribution in [1.29, 1.82) is 0 Å². The van der Waals surface area contributed by atoms with Crippen LogP contribution in [0.25, 0.3) is 0 Å². The van der Waals surface area contributed by atoms with E-state index in [9.17, 15) is 17.4 Å². The van der Waals surface area contributed by atoms with E-state index < -0.39 is 23.4 Å². The predicted molar refractivity (Wildman–Crippen MR) is 82.5 cm³/mol. The van der Waals surface area contributed by atoms with E-state index in [2.05, 4.69) is 5.32 Å². The number of anilines is 1.